The molecule has 2 aromatic rings. The van der Waals surface area contributed by atoms with E-state index >= 15 is 0 Å². The Morgan fingerprint density at radius 3 is 3.06 bits per heavy atom. The highest BCUT2D eigenvalue weighted by atomic mass is 16.5. The molecule has 18 heavy (non-hydrogen) atoms. The second kappa shape index (κ2) is 6.37. The van der Waals surface area contributed by atoms with Crippen LogP contribution in [0.3, 0.4) is 0 Å². The summed E-state index contributed by atoms with van der Waals surface area (Å²) in [6.45, 7) is 1.60. The highest BCUT2D eigenvalue weighted by Crippen LogP contribution is 2.20. The molecule has 1 N–H and O–H groups in total. The van der Waals surface area contributed by atoms with Gasteiger partial charge in [-0.3, -0.25) is 0 Å². The van der Waals surface area contributed by atoms with Crippen molar-refractivity contribution in [3.8, 4) is 0 Å². The fraction of sp³-hybridized carbons (Fsp3) is 0.462. The summed E-state index contributed by atoms with van der Waals surface area (Å²) >= 11 is 0. The van der Waals surface area contributed by atoms with Crippen molar-refractivity contribution in [2.75, 3.05) is 20.3 Å². The summed E-state index contributed by atoms with van der Waals surface area (Å²) in [5.74, 6) is 1.82. The number of hydrogen-bond acceptors (Lipinski definition) is 4. The molecule has 0 fully saturated rings. The minimum absolute atomic E-state index is 0.0168. The number of furan rings is 1. The van der Waals surface area contributed by atoms with Gasteiger partial charge in [-0.25, -0.2) is 4.98 Å². The van der Waals surface area contributed by atoms with Gasteiger partial charge in [0.2, 0.25) is 0 Å². The summed E-state index contributed by atoms with van der Waals surface area (Å²) in [5, 5.41) is 3.44. The third-order valence-corrected chi connectivity index (χ3v) is 2.82. The van der Waals surface area contributed by atoms with Gasteiger partial charge in [0, 0.05) is 33.2 Å². The van der Waals surface area contributed by atoms with Crippen molar-refractivity contribution in [2.45, 2.75) is 12.5 Å². The summed E-state index contributed by atoms with van der Waals surface area (Å²) in [4.78, 5) is 4.38. The Balaban J connectivity index is 2.07. The highest BCUT2D eigenvalue weighted by Gasteiger charge is 2.19. The number of methoxy groups -OCH3 is 1. The van der Waals surface area contributed by atoms with Crippen LogP contribution in [0.15, 0.2) is 35.2 Å². The van der Waals surface area contributed by atoms with Gasteiger partial charge in [0.1, 0.15) is 17.6 Å². The molecule has 98 valence electrons. The molecular formula is C13H19N3O2. The molecule has 0 aliphatic rings. The van der Waals surface area contributed by atoms with Crippen LogP contribution in [-0.4, -0.2) is 29.8 Å². The minimum atomic E-state index is -0.0168. The first-order chi connectivity index (χ1) is 8.83. The zero-order valence-corrected chi connectivity index (χ0v) is 10.8. The van der Waals surface area contributed by atoms with Gasteiger partial charge < -0.3 is 19.0 Å². The number of aryl methyl sites for hydroxylation is 1. The lowest BCUT2D eigenvalue weighted by atomic mass is 10.2. The maximum atomic E-state index is 5.48. The van der Waals surface area contributed by atoms with Crippen LogP contribution >= 0.6 is 0 Å². The third-order valence-electron chi connectivity index (χ3n) is 2.82. The molecule has 1 unspecified atom stereocenters. The Labute approximate surface area is 107 Å². The number of hydrogen-bond donors (Lipinski definition) is 1. The van der Waals surface area contributed by atoms with Crippen molar-refractivity contribution in [3.05, 3.63) is 42.4 Å². The van der Waals surface area contributed by atoms with Crippen molar-refractivity contribution < 1.29 is 9.15 Å². The quantitative estimate of drug-likeness (QED) is 0.759. The Bertz CT molecular complexity index is 451. The first kappa shape index (κ1) is 12.9. The number of nitrogens with one attached hydrogen (secondary N) is 1. The first-order valence-electron chi connectivity index (χ1n) is 6.06. The summed E-state index contributed by atoms with van der Waals surface area (Å²) < 4.78 is 12.5. The lowest BCUT2D eigenvalue weighted by molar-refractivity contribution is 0.193. The van der Waals surface area contributed by atoms with E-state index < -0.39 is 0 Å². The Hall–Kier alpha value is -1.59. The van der Waals surface area contributed by atoms with Gasteiger partial charge in [-0.15, -0.1) is 0 Å². The van der Waals surface area contributed by atoms with E-state index in [4.69, 9.17) is 9.15 Å². The van der Waals surface area contributed by atoms with E-state index in [2.05, 4.69) is 10.3 Å². The summed E-state index contributed by atoms with van der Waals surface area (Å²) in [6.07, 6.45) is 6.37. The van der Waals surface area contributed by atoms with Crippen molar-refractivity contribution in [3.63, 3.8) is 0 Å². The van der Waals surface area contributed by atoms with Crippen LogP contribution in [0.1, 0.15) is 24.0 Å². The topological polar surface area (TPSA) is 52.2 Å². The van der Waals surface area contributed by atoms with Gasteiger partial charge in [0.05, 0.1) is 6.26 Å². The molecule has 1 atom stereocenters. The number of rotatable bonds is 7. The summed E-state index contributed by atoms with van der Waals surface area (Å²) in [5.41, 5.74) is 0. The number of ether oxygens (including phenoxy) is 1. The maximum absolute atomic E-state index is 5.48. The Morgan fingerprint density at radius 2 is 2.44 bits per heavy atom. The molecule has 0 saturated heterocycles. The van der Waals surface area contributed by atoms with Crippen molar-refractivity contribution >= 4 is 0 Å². The molecule has 2 heterocycles. The maximum Gasteiger partial charge on any atom is 0.133 e. The van der Waals surface area contributed by atoms with Crippen molar-refractivity contribution in [1.82, 2.24) is 14.9 Å². The second-order valence-electron chi connectivity index (χ2n) is 4.15. The molecule has 5 nitrogen and oxygen atoms in total. The molecule has 0 radical (unpaired) electrons. The highest BCUT2D eigenvalue weighted by molar-refractivity contribution is 5.15. The molecular weight excluding hydrogens is 230 g/mol. The number of nitrogens with zero attached hydrogens (tertiary/aromatic N) is 2. The van der Waals surface area contributed by atoms with Gasteiger partial charge >= 0.3 is 0 Å². The van der Waals surface area contributed by atoms with Crippen molar-refractivity contribution in [1.29, 1.82) is 0 Å². The predicted octanol–water partition coefficient (Wildman–Crippen LogP) is 1.73. The fourth-order valence-corrected chi connectivity index (χ4v) is 1.89. The smallest absolute Gasteiger partial charge is 0.133 e. The molecule has 2 rings (SSSR count). The molecule has 0 saturated carbocycles. The van der Waals surface area contributed by atoms with Crippen LogP contribution in [0, 0.1) is 0 Å². The monoisotopic (exact) mass is 249 g/mol. The number of aromatic nitrogens is 2. The summed E-state index contributed by atoms with van der Waals surface area (Å²) in [6, 6.07) is 3.84. The molecule has 0 amide bonds. The van der Waals surface area contributed by atoms with E-state index in [9.17, 15) is 0 Å². The molecule has 0 aliphatic heterocycles. The summed E-state index contributed by atoms with van der Waals surface area (Å²) in [7, 11) is 3.69. The van der Waals surface area contributed by atoms with E-state index in [0.29, 0.717) is 0 Å². The van der Waals surface area contributed by atoms with Crippen LogP contribution in [-0.2, 0) is 11.8 Å². The van der Waals surface area contributed by atoms with Crippen LogP contribution in [0.25, 0.3) is 0 Å². The van der Waals surface area contributed by atoms with Gasteiger partial charge in [-0.1, -0.05) is 0 Å². The van der Waals surface area contributed by atoms with Crippen LogP contribution in [0.5, 0.6) is 0 Å². The van der Waals surface area contributed by atoms with E-state index in [1.165, 1.54) is 0 Å². The molecule has 5 heteroatoms. The zero-order valence-electron chi connectivity index (χ0n) is 10.8. The van der Waals surface area contributed by atoms with E-state index in [1.807, 2.05) is 29.9 Å². The second-order valence-corrected chi connectivity index (χ2v) is 4.15. The number of imidazole rings is 1. The van der Waals surface area contributed by atoms with Gasteiger partial charge in [-0.2, -0.15) is 0 Å². The molecule has 0 spiro atoms. The van der Waals surface area contributed by atoms with Gasteiger partial charge in [-0.05, 0) is 25.1 Å². The Morgan fingerprint density at radius 1 is 1.56 bits per heavy atom. The average molecular weight is 249 g/mol. The standard InChI is InChI=1S/C13H19N3O2/c1-16-8-7-15-13(16)12(11-5-3-10-18-11)14-6-4-9-17-2/h3,5,7-8,10,12,14H,4,6,9H2,1-2H3. The van der Waals surface area contributed by atoms with E-state index in [1.54, 1.807) is 19.6 Å². The van der Waals surface area contributed by atoms with Crippen molar-refractivity contribution in [2.24, 2.45) is 7.05 Å². The SMILES string of the molecule is COCCCNC(c1ccco1)c1nccn1C. The van der Waals surface area contributed by atoms with Gasteiger partial charge in [0.15, 0.2) is 0 Å². The third kappa shape index (κ3) is 3.00. The normalized spacial score (nSPS) is 12.8. The predicted molar refractivity (Wildman–Crippen MR) is 68.3 cm³/mol. The fourth-order valence-electron chi connectivity index (χ4n) is 1.89. The minimum Gasteiger partial charge on any atom is -0.467 e. The lowest BCUT2D eigenvalue weighted by Gasteiger charge is -2.16. The zero-order chi connectivity index (χ0) is 12.8. The average Bonchev–Trinajstić information content (AvgIpc) is 3.01. The molecule has 2 aromatic heterocycles. The van der Waals surface area contributed by atoms with E-state index in [0.717, 1.165) is 31.2 Å². The van der Waals surface area contributed by atoms with Crippen LogP contribution in [0.2, 0.25) is 0 Å². The van der Waals surface area contributed by atoms with Gasteiger partial charge in [0.25, 0.3) is 0 Å². The lowest BCUT2D eigenvalue weighted by Crippen LogP contribution is -2.26. The van der Waals surface area contributed by atoms with Crippen LogP contribution in [0.4, 0.5) is 0 Å². The molecule has 0 aliphatic carbocycles. The molecule has 0 bridgehead atoms. The Kier molecular flexibility index (Phi) is 4.55. The van der Waals surface area contributed by atoms with Crippen LogP contribution < -0.4 is 5.32 Å². The largest absolute Gasteiger partial charge is 0.467 e. The first-order valence-corrected chi connectivity index (χ1v) is 6.06. The van der Waals surface area contributed by atoms with E-state index in [-0.39, 0.29) is 6.04 Å². The molecule has 0 aromatic carbocycles.